The summed E-state index contributed by atoms with van der Waals surface area (Å²) in [7, 11) is 3.32. The molecular weight excluding hydrogens is 466 g/mol. The fraction of sp³-hybridized carbons (Fsp3) is 0.333. The Morgan fingerprint density at radius 1 is 0.757 bits per heavy atom. The van der Waals surface area contributed by atoms with Gasteiger partial charge in [-0.2, -0.15) is 0 Å². The lowest BCUT2D eigenvalue weighted by molar-refractivity contribution is 0.0642. The zero-order valence-corrected chi connectivity index (χ0v) is 21.9. The van der Waals surface area contributed by atoms with Crippen molar-refractivity contribution in [2.24, 2.45) is 0 Å². The smallest absolute Gasteiger partial charge is 0.263 e. The Labute approximate surface area is 218 Å². The van der Waals surface area contributed by atoms with Gasteiger partial charge in [0.15, 0.2) is 0 Å². The summed E-state index contributed by atoms with van der Waals surface area (Å²) >= 11 is 0. The Hall–Kier alpha value is -3.84. The third kappa shape index (κ3) is 4.67. The van der Waals surface area contributed by atoms with Crippen LogP contribution in [0, 0.1) is 13.8 Å². The molecule has 1 fully saturated rings. The predicted molar refractivity (Wildman–Crippen MR) is 144 cm³/mol. The van der Waals surface area contributed by atoms with E-state index in [4.69, 9.17) is 9.47 Å². The third-order valence-corrected chi connectivity index (χ3v) is 7.65. The van der Waals surface area contributed by atoms with Gasteiger partial charge < -0.3 is 14.4 Å². The average molecular weight is 500 g/mol. The van der Waals surface area contributed by atoms with Crippen LogP contribution in [0.4, 0.5) is 5.69 Å². The van der Waals surface area contributed by atoms with E-state index in [0.717, 1.165) is 55.5 Å². The lowest BCUT2D eigenvalue weighted by atomic mass is 10.0. The summed E-state index contributed by atoms with van der Waals surface area (Å²) in [5.74, 6) is 1.20. The van der Waals surface area contributed by atoms with Crippen LogP contribution >= 0.6 is 0 Å². The normalized spacial score (nSPS) is 15.8. The molecule has 0 aromatic heterocycles. The number of ether oxygens (including phenoxy) is 2. The SMILES string of the molecule is COc1ccc(CN2C(=O)c3cccc(N4CCN(Cc5ccc(OC)c(C)c5C)CC4)c3C2=O)cc1. The first-order valence-electron chi connectivity index (χ1n) is 12.6. The zero-order valence-electron chi connectivity index (χ0n) is 21.9. The summed E-state index contributed by atoms with van der Waals surface area (Å²) in [5, 5.41) is 0. The van der Waals surface area contributed by atoms with Crippen molar-refractivity contribution in [1.82, 2.24) is 9.80 Å². The topological polar surface area (TPSA) is 62.3 Å². The van der Waals surface area contributed by atoms with Crippen molar-refractivity contribution in [2.45, 2.75) is 26.9 Å². The van der Waals surface area contributed by atoms with E-state index in [0.29, 0.717) is 11.1 Å². The van der Waals surface area contributed by atoms with E-state index in [1.54, 1.807) is 20.3 Å². The highest BCUT2D eigenvalue weighted by Gasteiger charge is 2.38. The first-order chi connectivity index (χ1) is 17.9. The van der Waals surface area contributed by atoms with Crippen LogP contribution in [0.5, 0.6) is 11.5 Å². The Bertz CT molecular complexity index is 1330. The average Bonchev–Trinajstić information content (AvgIpc) is 3.17. The Kier molecular flexibility index (Phi) is 6.89. The van der Waals surface area contributed by atoms with E-state index in [1.807, 2.05) is 42.5 Å². The molecule has 37 heavy (non-hydrogen) atoms. The van der Waals surface area contributed by atoms with Crippen LogP contribution in [0.3, 0.4) is 0 Å². The molecule has 0 spiro atoms. The molecule has 0 aliphatic carbocycles. The van der Waals surface area contributed by atoms with Crippen molar-refractivity contribution in [3.8, 4) is 11.5 Å². The molecule has 0 radical (unpaired) electrons. The Balaban J connectivity index is 1.28. The van der Waals surface area contributed by atoms with Gasteiger partial charge in [0.1, 0.15) is 11.5 Å². The molecule has 0 unspecified atom stereocenters. The van der Waals surface area contributed by atoms with E-state index in [1.165, 1.54) is 21.6 Å². The number of hydrogen-bond donors (Lipinski definition) is 0. The highest BCUT2D eigenvalue weighted by molar-refractivity contribution is 6.23. The third-order valence-electron chi connectivity index (χ3n) is 7.65. The molecule has 0 bridgehead atoms. The van der Waals surface area contributed by atoms with Crippen molar-refractivity contribution in [3.05, 3.63) is 88.0 Å². The van der Waals surface area contributed by atoms with Crippen LogP contribution in [0.1, 0.15) is 43.0 Å². The van der Waals surface area contributed by atoms with E-state index in [9.17, 15) is 9.59 Å². The van der Waals surface area contributed by atoms with Crippen molar-refractivity contribution < 1.29 is 19.1 Å². The number of carbonyl (C=O) groups excluding carboxylic acids is 2. The summed E-state index contributed by atoms with van der Waals surface area (Å²) in [4.78, 5) is 32.7. The minimum atomic E-state index is -0.235. The van der Waals surface area contributed by atoms with Gasteiger partial charge in [0.25, 0.3) is 11.8 Å². The van der Waals surface area contributed by atoms with Crippen LogP contribution in [-0.2, 0) is 13.1 Å². The van der Waals surface area contributed by atoms with Gasteiger partial charge >= 0.3 is 0 Å². The maximum atomic E-state index is 13.5. The molecule has 1 saturated heterocycles. The fourth-order valence-electron chi connectivity index (χ4n) is 5.27. The molecule has 0 atom stereocenters. The van der Waals surface area contributed by atoms with Crippen LogP contribution in [-0.4, -0.2) is 62.0 Å². The number of carbonyl (C=O) groups is 2. The molecule has 7 nitrogen and oxygen atoms in total. The predicted octanol–water partition coefficient (Wildman–Crippen LogP) is 4.44. The number of imide groups is 1. The molecule has 0 saturated carbocycles. The second-order valence-corrected chi connectivity index (χ2v) is 9.68. The number of hydrogen-bond acceptors (Lipinski definition) is 6. The number of benzene rings is 3. The van der Waals surface area contributed by atoms with Crippen LogP contribution in [0.25, 0.3) is 0 Å². The maximum Gasteiger partial charge on any atom is 0.263 e. The summed E-state index contributed by atoms with van der Waals surface area (Å²) in [6.07, 6.45) is 0. The number of anilines is 1. The van der Waals surface area contributed by atoms with E-state index >= 15 is 0 Å². The van der Waals surface area contributed by atoms with Crippen LogP contribution in [0.2, 0.25) is 0 Å². The Morgan fingerprint density at radius 3 is 2.16 bits per heavy atom. The molecule has 7 heteroatoms. The summed E-state index contributed by atoms with van der Waals surface area (Å²) in [6.45, 7) is 8.72. The molecule has 192 valence electrons. The molecule has 2 aliphatic heterocycles. The van der Waals surface area contributed by atoms with E-state index < -0.39 is 0 Å². The summed E-state index contributed by atoms with van der Waals surface area (Å²) < 4.78 is 10.7. The molecule has 3 aromatic rings. The van der Waals surface area contributed by atoms with Gasteiger partial charge in [0.05, 0.1) is 37.6 Å². The number of amides is 2. The zero-order chi connectivity index (χ0) is 26.1. The largest absolute Gasteiger partial charge is 0.497 e. The number of nitrogens with zero attached hydrogens (tertiary/aromatic N) is 3. The molecule has 2 amide bonds. The van der Waals surface area contributed by atoms with Crippen LogP contribution in [0.15, 0.2) is 54.6 Å². The second kappa shape index (κ2) is 10.3. The highest BCUT2D eigenvalue weighted by Crippen LogP contribution is 2.33. The molecule has 0 N–H and O–H groups in total. The molecular formula is C30H33N3O4. The number of rotatable bonds is 7. The minimum Gasteiger partial charge on any atom is -0.497 e. The lowest BCUT2D eigenvalue weighted by Crippen LogP contribution is -2.46. The van der Waals surface area contributed by atoms with Gasteiger partial charge in [0.2, 0.25) is 0 Å². The van der Waals surface area contributed by atoms with Crippen molar-refractivity contribution in [3.63, 3.8) is 0 Å². The number of piperazine rings is 1. The van der Waals surface area contributed by atoms with Gasteiger partial charge in [-0.1, -0.05) is 24.3 Å². The molecule has 3 aromatic carbocycles. The maximum absolute atomic E-state index is 13.5. The van der Waals surface area contributed by atoms with Crippen molar-refractivity contribution in [1.29, 1.82) is 0 Å². The minimum absolute atomic E-state index is 0.224. The van der Waals surface area contributed by atoms with Gasteiger partial charge in [-0.25, -0.2) is 0 Å². The monoisotopic (exact) mass is 499 g/mol. The van der Waals surface area contributed by atoms with Crippen LogP contribution < -0.4 is 14.4 Å². The first-order valence-corrected chi connectivity index (χ1v) is 12.6. The Morgan fingerprint density at radius 2 is 1.49 bits per heavy atom. The number of fused-ring (bicyclic) bond motifs is 1. The van der Waals surface area contributed by atoms with Gasteiger partial charge in [-0.15, -0.1) is 0 Å². The molecule has 2 heterocycles. The van der Waals surface area contributed by atoms with Crippen molar-refractivity contribution >= 4 is 17.5 Å². The summed E-state index contributed by atoms with van der Waals surface area (Å²) in [5.41, 5.74) is 6.50. The standard InChI is InChI=1S/C30H33N3O4/c1-20-21(2)27(37-4)13-10-23(20)19-31-14-16-32(17-15-31)26-7-5-6-25-28(26)30(35)33(29(25)34)18-22-8-11-24(36-3)12-9-22/h5-13H,14-19H2,1-4H3. The van der Waals surface area contributed by atoms with Crippen molar-refractivity contribution in [2.75, 3.05) is 45.3 Å². The highest BCUT2D eigenvalue weighted by atomic mass is 16.5. The molecule has 2 aliphatic rings. The number of methoxy groups -OCH3 is 2. The van der Waals surface area contributed by atoms with Gasteiger partial charge in [0, 0.05) is 32.7 Å². The van der Waals surface area contributed by atoms with E-state index in [2.05, 4.69) is 29.7 Å². The molecule has 5 rings (SSSR count). The van der Waals surface area contributed by atoms with Gasteiger partial charge in [-0.05, 0) is 66.4 Å². The second-order valence-electron chi connectivity index (χ2n) is 9.68. The van der Waals surface area contributed by atoms with Gasteiger partial charge in [-0.3, -0.25) is 19.4 Å². The summed E-state index contributed by atoms with van der Waals surface area (Å²) in [6, 6.07) is 17.3. The quantitative estimate of drug-likeness (QED) is 0.448. The lowest BCUT2D eigenvalue weighted by Gasteiger charge is -2.37. The fourth-order valence-corrected chi connectivity index (χ4v) is 5.27. The van der Waals surface area contributed by atoms with E-state index in [-0.39, 0.29) is 18.4 Å². The first kappa shape index (κ1) is 24.8.